The van der Waals surface area contributed by atoms with Crippen LogP contribution in [0, 0.1) is 12.8 Å². The average Bonchev–Trinajstić information content (AvgIpc) is 2.29. The molecule has 0 bridgehead atoms. The van der Waals surface area contributed by atoms with Crippen LogP contribution in [-0.2, 0) is 4.79 Å². The summed E-state index contributed by atoms with van der Waals surface area (Å²) in [7, 11) is 0. The number of ketones is 1. The molecule has 4 nitrogen and oxygen atoms in total. The average molecular weight is 219 g/mol. The van der Waals surface area contributed by atoms with Gasteiger partial charge in [0, 0.05) is 30.9 Å². The normalized spacial score (nSPS) is 20.9. The van der Waals surface area contributed by atoms with Gasteiger partial charge in [-0.25, -0.2) is 9.97 Å². The lowest BCUT2D eigenvalue weighted by molar-refractivity contribution is -0.120. The SMILES string of the molecule is CC(=O)C1CCCN(c2nccc(C)n2)C1. The molecule has 2 rings (SSSR count). The highest BCUT2D eigenvalue weighted by Crippen LogP contribution is 2.20. The van der Waals surface area contributed by atoms with Crippen molar-refractivity contribution in [1.29, 1.82) is 0 Å². The maximum absolute atomic E-state index is 11.4. The van der Waals surface area contributed by atoms with Crippen molar-refractivity contribution in [2.45, 2.75) is 26.7 Å². The molecule has 0 radical (unpaired) electrons. The van der Waals surface area contributed by atoms with E-state index < -0.39 is 0 Å². The minimum atomic E-state index is 0.151. The van der Waals surface area contributed by atoms with Crippen LogP contribution < -0.4 is 4.90 Å². The van der Waals surface area contributed by atoms with Crippen molar-refractivity contribution in [1.82, 2.24) is 9.97 Å². The van der Waals surface area contributed by atoms with Gasteiger partial charge in [-0.2, -0.15) is 0 Å². The molecule has 1 unspecified atom stereocenters. The summed E-state index contributed by atoms with van der Waals surface area (Å²) < 4.78 is 0. The Labute approximate surface area is 95.7 Å². The first-order chi connectivity index (χ1) is 7.66. The molecule has 16 heavy (non-hydrogen) atoms. The second-order valence-corrected chi connectivity index (χ2v) is 4.39. The number of Topliss-reactive ketones (excluding diaryl/α,β-unsaturated/α-hetero) is 1. The zero-order valence-corrected chi connectivity index (χ0v) is 9.81. The molecule has 0 N–H and O–H groups in total. The monoisotopic (exact) mass is 219 g/mol. The molecule has 4 heteroatoms. The van der Waals surface area contributed by atoms with Gasteiger partial charge in [0.05, 0.1) is 0 Å². The number of aromatic nitrogens is 2. The van der Waals surface area contributed by atoms with Crippen molar-refractivity contribution >= 4 is 11.7 Å². The first-order valence-corrected chi connectivity index (χ1v) is 5.72. The number of piperidine rings is 1. The van der Waals surface area contributed by atoms with Crippen LogP contribution in [0.3, 0.4) is 0 Å². The van der Waals surface area contributed by atoms with E-state index in [0.717, 1.165) is 37.6 Å². The second-order valence-electron chi connectivity index (χ2n) is 4.39. The molecule has 1 saturated heterocycles. The predicted octanol–water partition coefficient (Wildman–Crippen LogP) is 1.59. The van der Waals surface area contributed by atoms with Crippen LogP contribution in [0.1, 0.15) is 25.5 Å². The number of hydrogen-bond donors (Lipinski definition) is 0. The summed E-state index contributed by atoms with van der Waals surface area (Å²) in [5.41, 5.74) is 0.968. The van der Waals surface area contributed by atoms with E-state index in [1.807, 2.05) is 13.0 Å². The standard InChI is InChI=1S/C12H17N3O/c1-9-5-6-13-12(14-9)15-7-3-4-11(8-15)10(2)16/h5-6,11H,3-4,7-8H2,1-2H3. The Balaban J connectivity index is 2.12. The van der Waals surface area contributed by atoms with E-state index in [0.29, 0.717) is 0 Å². The van der Waals surface area contributed by atoms with E-state index >= 15 is 0 Å². The maximum Gasteiger partial charge on any atom is 0.225 e. The third-order valence-electron chi connectivity index (χ3n) is 3.06. The molecule has 1 atom stereocenters. The van der Waals surface area contributed by atoms with Crippen molar-refractivity contribution in [2.75, 3.05) is 18.0 Å². The molecule has 1 aromatic rings. The fraction of sp³-hybridized carbons (Fsp3) is 0.583. The Morgan fingerprint density at radius 2 is 2.38 bits per heavy atom. The summed E-state index contributed by atoms with van der Waals surface area (Å²) in [6.07, 6.45) is 3.81. The smallest absolute Gasteiger partial charge is 0.225 e. The molecule has 0 amide bonds. The summed E-state index contributed by atoms with van der Waals surface area (Å²) in [4.78, 5) is 22.1. The summed E-state index contributed by atoms with van der Waals surface area (Å²) >= 11 is 0. The maximum atomic E-state index is 11.4. The van der Waals surface area contributed by atoms with E-state index in [-0.39, 0.29) is 11.7 Å². The van der Waals surface area contributed by atoms with Crippen molar-refractivity contribution < 1.29 is 4.79 Å². The quantitative estimate of drug-likeness (QED) is 0.757. The van der Waals surface area contributed by atoms with Gasteiger partial charge in [0.2, 0.25) is 5.95 Å². The van der Waals surface area contributed by atoms with E-state index in [9.17, 15) is 4.79 Å². The summed E-state index contributed by atoms with van der Waals surface area (Å²) in [5.74, 6) is 1.18. The van der Waals surface area contributed by atoms with Gasteiger partial charge in [0.1, 0.15) is 5.78 Å². The molecule has 0 saturated carbocycles. The highest BCUT2D eigenvalue weighted by atomic mass is 16.1. The summed E-state index contributed by atoms with van der Waals surface area (Å²) in [6, 6.07) is 1.88. The first kappa shape index (κ1) is 11.0. The van der Waals surface area contributed by atoms with Gasteiger partial charge in [-0.05, 0) is 32.8 Å². The fourth-order valence-electron chi connectivity index (χ4n) is 2.08. The van der Waals surface area contributed by atoms with Crippen LogP contribution in [0.25, 0.3) is 0 Å². The number of aryl methyl sites for hydroxylation is 1. The first-order valence-electron chi connectivity index (χ1n) is 5.72. The van der Waals surface area contributed by atoms with Crippen LogP contribution in [0.4, 0.5) is 5.95 Å². The van der Waals surface area contributed by atoms with E-state index in [4.69, 9.17) is 0 Å². The largest absolute Gasteiger partial charge is 0.340 e. The minimum Gasteiger partial charge on any atom is -0.340 e. The molecule has 1 fully saturated rings. The van der Waals surface area contributed by atoms with Crippen LogP contribution in [0.15, 0.2) is 12.3 Å². The molecule has 0 spiro atoms. The Bertz CT molecular complexity index is 392. The van der Waals surface area contributed by atoms with Gasteiger partial charge < -0.3 is 4.90 Å². The predicted molar refractivity (Wildman–Crippen MR) is 62.4 cm³/mol. The van der Waals surface area contributed by atoms with Gasteiger partial charge in [-0.3, -0.25) is 4.79 Å². The molecule has 86 valence electrons. The van der Waals surface area contributed by atoms with Crippen LogP contribution >= 0.6 is 0 Å². The molecular formula is C12H17N3O. The topological polar surface area (TPSA) is 46.1 Å². The van der Waals surface area contributed by atoms with E-state index in [1.54, 1.807) is 13.1 Å². The second kappa shape index (κ2) is 4.60. The zero-order valence-electron chi connectivity index (χ0n) is 9.81. The third kappa shape index (κ3) is 2.38. The number of carbonyl (C=O) groups is 1. The van der Waals surface area contributed by atoms with Crippen molar-refractivity contribution in [3.8, 4) is 0 Å². The summed E-state index contributed by atoms with van der Waals surface area (Å²) in [5, 5.41) is 0. The number of anilines is 1. The van der Waals surface area contributed by atoms with Gasteiger partial charge in [-0.1, -0.05) is 0 Å². The Kier molecular flexibility index (Phi) is 3.17. The van der Waals surface area contributed by atoms with Gasteiger partial charge in [0.25, 0.3) is 0 Å². The Morgan fingerprint density at radius 1 is 1.56 bits per heavy atom. The van der Waals surface area contributed by atoms with Gasteiger partial charge in [-0.15, -0.1) is 0 Å². The molecule has 1 aliphatic heterocycles. The lowest BCUT2D eigenvalue weighted by Crippen LogP contribution is -2.39. The van der Waals surface area contributed by atoms with Crippen LogP contribution in [-0.4, -0.2) is 28.8 Å². The molecule has 0 aliphatic carbocycles. The number of nitrogens with zero attached hydrogens (tertiary/aromatic N) is 3. The van der Waals surface area contributed by atoms with Crippen molar-refractivity contribution in [3.63, 3.8) is 0 Å². The summed E-state index contributed by atoms with van der Waals surface area (Å²) in [6.45, 7) is 5.34. The zero-order chi connectivity index (χ0) is 11.5. The number of rotatable bonds is 2. The third-order valence-corrected chi connectivity index (χ3v) is 3.06. The molecule has 1 aliphatic rings. The lowest BCUT2D eigenvalue weighted by Gasteiger charge is -2.31. The van der Waals surface area contributed by atoms with Crippen molar-refractivity contribution in [3.05, 3.63) is 18.0 Å². The number of carbonyl (C=O) groups excluding carboxylic acids is 1. The number of hydrogen-bond acceptors (Lipinski definition) is 4. The highest BCUT2D eigenvalue weighted by molar-refractivity contribution is 5.79. The van der Waals surface area contributed by atoms with Crippen LogP contribution in [0.5, 0.6) is 0 Å². The Hall–Kier alpha value is -1.45. The van der Waals surface area contributed by atoms with E-state index in [2.05, 4.69) is 14.9 Å². The Morgan fingerprint density at radius 3 is 3.06 bits per heavy atom. The molecule has 1 aromatic heterocycles. The fourth-order valence-corrected chi connectivity index (χ4v) is 2.08. The van der Waals surface area contributed by atoms with Gasteiger partial charge >= 0.3 is 0 Å². The van der Waals surface area contributed by atoms with Crippen molar-refractivity contribution in [2.24, 2.45) is 5.92 Å². The highest BCUT2D eigenvalue weighted by Gasteiger charge is 2.24. The minimum absolute atomic E-state index is 0.151. The lowest BCUT2D eigenvalue weighted by atomic mass is 9.95. The molecule has 0 aromatic carbocycles. The molecule has 2 heterocycles. The van der Waals surface area contributed by atoms with E-state index in [1.165, 1.54) is 0 Å². The van der Waals surface area contributed by atoms with Crippen LogP contribution in [0.2, 0.25) is 0 Å². The molecular weight excluding hydrogens is 202 g/mol. The van der Waals surface area contributed by atoms with Gasteiger partial charge in [0.15, 0.2) is 0 Å².